The molecular weight excluding hydrogens is 324 g/mol. The van der Waals surface area contributed by atoms with Crippen LogP contribution in [0.2, 0.25) is 0 Å². The monoisotopic (exact) mass is 346 g/mol. The minimum atomic E-state index is -0.142. The van der Waals surface area contributed by atoms with Crippen molar-refractivity contribution < 1.29 is 9.53 Å². The Bertz CT molecular complexity index is 641. The molecule has 1 aromatic carbocycles. The molecule has 6 nitrogen and oxygen atoms in total. The van der Waals surface area contributed by atoms with Crippen molar-refractivity contribution >= 4 is 22.4 Å². The highest BCUT2D eigenvalue weighted by molar-refractivity contribution is 7.13. The molecule has 1 saturated heterocycles. The zero-order valence-corrected chi connectivity index (χ0v) is 14.3. The number of aromatic nitrogens is 1. The molecule has 24 heavy (non-hydrogen) atoms. The van der Waals surface area contributed by atoms with E-state index in [1.54, 1.807) is 5.38 Å². The number of thiazole rings is 1. The fourth-order valence-corrected chi connectivity index (χ4v) is 3.19. The number of carbonyl (C=O) groups excluding carboxylic acids is 1. The van der Waals surface area contributed by atoms with Crippen molar-refractivity contribution in [2.75, 3.05) is 44.7 Å². The molecule has 1 aromatic heterocycles. The van der Waals surface area contributed by atoms with Gasteiger partial charge in [0, 0.05) is 38.1 Å². The van der Waals surface area contributed by atoms with Gasteiger partial charge in [-0.05, 0) is 5.56 Å². The molecule has 0 aliphatic carbocycles. The predicted octanol–water partition coefficient (Wildman–Crippen LogP) is 1.82. The summed E-state index contributed by atoms with van der Waals surface area (Å²) in [6, 6.07) is 9.85. The Balaban J connectivity index is 1.41. The van der Waals surface area contributed by atoms with Gasteiger partial charge in [-0.3, -0.25) is 9.69 Å². The van der Waals surface area contributed by atoms with E-state index >= 15 is 0 Å². The second kappa shape index (κ2) is 8.77. The number of benzene rings is 1. The normalized spacial score (nSPS) is 15.2. The summed E-state index contributed by atoms with van der Waals surface area (Å²) in [5.74, 6) is -0.142. The van der Waals surface area contributed by atoms with Crippen molar-refractivity contribution in [3.05, 3.63) is 47.0 Å². The maximum atomic E-state index is 12.1. The van der Waals surface area contributed by atoms with Crippen LogP contribution >= 0.6 is 11.3 Å². The van der Waals surface area contributed by atoms with E-state index in [0.717, 1.165) is 50.1 Å². The highest BCUT2D eigenvalue weighted by Crippen LogP contribution is 2.15. The van der Waals surface area contributed by atoms with Crippen LogP contribution in [-0.4, -0.2) is 55.2 Å². The summed E-state index contributed by atoms with van der Waals surface area (Å²) in [6.07, 6.45) is 0. The van der Waals surface area contributed by atoms with Gasteiger partial charge in [0.15, 0.2) is 5.13 Å². The van der Waals surface area contributed by atoms with E-state index in [-0.39, 0.29) is 5.91 Å². The third-order valence-corrected chi connectivity index (χ3v) is 4.64. The van der Waals surface area contributed by atoms with E-state index in [4.69, 9.17) is 4.74 Å². The van der Waals surface area contributed by atoms with E-state index in [0.29, 0.717) is 12.2 Å². The summed E-state index contributed by atoms with van der Waals surface area (Å²) in [5, 5.41) is 8.75. The van der Waals surface area contributed by atoms with Gasteiger partial charge in [0.2, 0.25) is 0 Å². The summed E-state index contributed by atoms with van der Waals surface area (Å²) in [7, 11) is 0. The second-order valence-electron chi connectivity index (χ2n) is 5.59. The first-order valence-corrected chi connectivity index (χ1v) is 9.01. The fourth-order valence-electron chi connectivity index (χ4n) is 2.47. The molecule has 2 N–H and O–H groups in total. The third-order valence-electron chi connectivity index (χ3n) is 3.84. The molecule has 0 unspecified atom stereocenters. The lowest BCUT2D eigenvalue weighted by molar-refractivity contribution is 0.0398. The smallest absolute Gasteiger partial charge is 0.271 e. The van der Waals surface area contributed by atoms with E-state index in [1.165, 1.54) is 11.3 Å². The van der Waals surface area contributed by atoms with Gasteiger partial charge in [-0.15, -0.1) is 11.3 Å². The number of amides is 1. The molecule has 1 aliphatic rings. The van der Waals surface area contributed by atoms with Crippen molar-refractivity contribution in [3.63, 3.8) is 0 Å². The van der Waals surface area contributed by atoms with E-state index in [9.17, 15) is 4.79 Å². The van der Waals surface area contributed by atoms with Gasteiger partial charge in [0.1, 0.15) is 5.69 Å². The largest absolute Gasteiger partial charge is 0.379 e. The summed E-state index contributed by atoms with van der Waals surface area (Å²) < 4.78 is 5.33. The third kappa shape index (κ3) is 5.02. The van der Waals surface area contributed by atoms with E-state index < -0.39 is 0 Å². The number of rotatable bonds is 7. The number of carbonyl (C=O) groups is 1. The zero-order chi connectivity index (χ0) is 16.6. The Morgan fingerprint density at radius 3 is 2.83 bits per heavy atom. The van der Waals surface area contributed by atoms with Crippen LogP contribution in [0.15, 0.2) is 35.7 Å². The lowest BCUT2D eigenvalue weighted by Gasteiger charge is -2.26. The highest BCUT2D eigenvalue weighted by atomic mass is 32.1. The zero-order valence-electron chi connectivity index (χ0n) is 13.5. The lowest BCUT2D eigenvalue weighted by Crippen LogP contribution is -2.39. The van der Waals surface area contributed by atoms with Crippen molar-refractivity contribution in [2.45, 2.75) is 6.54 Å². The number of hydrogen-bond acceptors (Lipinski definition) is 6. The van der Waals surface area contributed by atoms with Crippen molar-refractivity contribution in [2.24, 2.45) is 0 Å². The summed E-state index contributed by atoms with van der Waals surface area (Å²) in [5.41, 5.74) is 1.54. The number of ether oxygens (including phenoxy) is 1. The minimum absolute atomic E-state index is 0.142. The summed E-state index contributed by atoms with van der Waals surface area (Å²) in [6.45, 7) is 5.86. The summed E-state index contributed by atoms with van der Waals surface area (Å²) >= 11 is 1.46. The van der Waals surface area contributed by atoms with Crippen molar-refractivity contribution in [1.82, 2.24) is 15.2 Å². The topological polar surface area (TPSA) is 66.5 Å². The van der Waals surface area contributed by atoms with Crippen LogP contribution in [-0.2, 0) is 11.3 Å². The first kappa shape index (κ1) is 16.9. The average molecular weight is 346 g/mol. The molecule has 0 bridgehead atoms. The second-order valence-corrected chi connectivity index (χ2v) is 6.45. The Morgan fingerprint density at radius 1 is 1.25 bits per heavy atom. The molecule has 0 atom stereocenters. The number of nitrogens with one attached hydrogen (secondary N) is 2. The molecular formula is C17H22N4O2S. The SMILES string of the molecule is O=C(NCc1ccccc1)c1csc(NCCN2CCOCC2)n1. The molecule has 0 saturated carbocycles. The standard InChI is InChI=1S/C17H22N4O2S/c22-16(19-12-14-4-2-1-3-5-14)15-13-24-17(20-15)18-6-7-21-8-10-23-11-9-21/h1-5,13H,6-12H2,(H,18,20)(H,19,22). The van der Waals surface area contributed by atoms with Crippen LogP contribution in [0.1, 0.15) is 16.1 Å². The molecule has 1 amide bonds. The fraction of sp³-hybridized carbons (Fsp3) is 0.412. The molecule has 7 heteroatoms. The van der Waals surface area contributed by atoms with Crippen molar-refractivity contribution in [3.8, 4) is 0 Å². The van der Waals surface area contributed by atoms with Gasteiger partial charge in [0.25, 0.3) is 5.91 Å². The van der Waals surface area contributed by atoms with Gasteiger partial charge in [-0.25, -0.2) is 4.98 Å². The van der Waals surface area contributed by atoms with Crippen LogP contribution in [0.25, 0.3) is 0 Å². The van der Waals surface area contributed by atoms with E-state index in [1.807, 2.05) is 30.3 Å². The average Bonchev–Trinajstić information content (AvgIpc) is 3.10. The molecule has 2 heterocycles. The lowest BCUT2D eigenvalue weighted by atomic mass is 10.2. The molecule has 2 aromatic rings. The Morgan fingerprint density at radius 2 is 2.04 bits per heavy atom. The van der Waals surface area contributed by atoms with Gasteiger partial charge in [-0.1, -0.05) is 30.3 Å². The van der Waals surface area contributed by atoms with Crippen LogP contribution < -0.4 is 10.6 Å². The number of morpholine rings is 1. The van der Waals surface area contributed by atoms with Gasteiger partial charge < -0.3 is 15.4 Å². The van der Waals surface area contributed by atoms with Crippen LogP contribution in [0.4, 0.5) is 5.13 Å². The van der Waals surface area contributed by atoms with Crippen LogP contribution in [0, 0.1) is 0 Å². The van der Waals surface area contributed by atoms with Crippen molar-refractivity contribution in [1.29, 1.82) is 0 Å². The number of nitrogens with zero attached hydrogens (tertiary/aromatic N) is 2. The summed E-state index contributed by atoms with van der Waals surface area (Å²) in [4.78, 5) is 18.9. The van der Waals surface area contributed by atoms with Gasteiger partial charge in [-0.2, -0.15) is 0 Å². The minimum Gasteiger partial charge on any atom is -0.379 e. The van der Waals surface area contributed by atoms with E-state index in [2.05, 4.69) is 20.5 Å². The maximum absolute atomic E-state index is 12.1. The molecule has 0 spiro atoms. The number of hydrogen-bond donors (Lipinski definition) is 2. The predicted molar refractivity (Wildman–Crippen MR) is 95.5 cm³/mol. The molecule has 1 aliphatic heterocycles. The van der Waals surface area contributed by atoms with Crippen LogP contribution in [0.3, 0.4) is 0 Å². The Labute approximate surface area is 145 Å². The van der Waals surface area contributed by atoms with Gasteiger partial charge in [0.05, 0.1) is 13.2 Å². The molecule has 128 valence electrons. The molecule has 3 rings (SSSR count). The first-order chi connectivity index (χ1) is 11.8. The Hall–Kier alpha value is -1.96. The number of anilines is 1. The molecule has 0 radical (unpaired) electrons. The molecule has 1 fully saturated rings. The Kier molecular flexibility index (Phi) is 6.17. The maximum Gasteiger partial charge on any atom is 0.271 e. The highest BCUT2D eigenvalue weighted by Gasteiger charge is 2.12. The van der Waals surface area contributed by atoms with Gasteiger partial charge >= 0.3 is 0 Å². The van der Waals surface area contributed by atoms with Crippen LogP contribution in [0.5, 0.6) is 0 Å². The quantitative estimate of drug-likeness (QED) is 0.800. The first-order valence-electron chi connectivity index (χ1n) is 8.13.